The molecular formula is C28H44N4O4. The molecule has 2 aliphatic rings. The van der Waals surface area contributed by atoms with Gasteiger partial charge in [0.1, 0.15) is 23.9 Å². The van der Waals surface area contributed by atoms with E-state index in [1.54, 1.807) is 12.3 Å². The molecule has 3 rings (SSSR count). The third-order valence-corrected chi connectivity index (χ3v) is 6.57. The van der Waals surface area contributed by atoms with Crippen LogP contribution in [-0.2, 0) is 14.4 Å². The van der Waals surface area contributed by atoms with E-state index in [0.29, 0.717) is 12.2 Å². The molecule has 200 valence electrons. The Morgan fingerprint density at radius 2 is 1.69 bits per heavy atom. The summed E-state index contributed by atoms with van der Waals surface area (Å²) in [7, 11) is 3.72. The van der Waals surface area contributed by atoms with Crippen molar-refractivity contribution in [2.45, 2.75) is 78.6 Å². The number of likely N-dealkylation sites (N-methyl/N-ethyl adjacent to an activating group) is 1. The summed E-state index contributed by atoms with van der Waals surface area (Å²) in [6.45, 7) is 12.0. The minimum absolute atomic E-state index is 0.0822. The predicted octanol–water partition coefficient (Wildman–Crippen LogP) is 3.18. The first-order chi connectivity index (χ1) is 16.9. The molecule has 0 aliphatic carbocycles. The Bertz CT molecular complexity index is 911. The molecule has 0 saturated heterocycles. The number of nitrogens with one attached hydrogen (secondary N) is 3. The molecule has 3 amide bonds. The van der Waals surface area contributed by atoms with Gasteiger partial charge in [-0.25, -0.2) is 0 Å². The van der Waals surface area contributed by atoms with Crippen molar-refractivity contribution in [2.24, 2.45) is 17.8 Å². The van der Waals surface area contributed by atoms with Crippen LogP contribution in [0.15, 0.2) is 30.5 Å². The number of hydrogen-bond acceptors (Lipinski definition) is 5. The molecule has 1 aromatic carbocycles. The van der Waals surface area contributed by atoms with E-state index in [-0.39, 0.29) is 29.6 Å². The van der Waals surface area contributed by atoms with Crippen LogP contribution in [-0.4, -0.2) is 60.9 Å². The Morgan fingerprint density at radius 1 is 1.06 bits per heavy atom. The van der Waals surface area contributed by atoms with Gasteiger partial charge in [0, 0.05) is 6.20 Å². The fourth-order valence-electron chi connectivity index (χ4n) is 4.45. The first-order valence-electron chi connectivity index (χ1n) is 12.9. The number of carbonyl (C=O) groups excluding carboxylic acids is 3. The van der Waals surface area contributed by atoms with Crippen LogP contribution in [0.2, 0.25) is 0 Å². The third kappa shape index (κ3) is 8.08. The molecular weight excluding hydrogens is 456 g/mol. The van der Waals surface area contributed by atoms with Gasteiger partial charge in [0.15, 0.2) is 0 Å². The molecule has 2 bridgehead atoms. The smallest absolute Gasteiger partial charge is 0.247 e. The standard InChI is InChI=1S/C28H44N4O4/c1-9-19(6)24(32(7)8)28(35)31-23-25(18(4)5)36-21-12-10-20(11-13-21)14-15-29-26(33)22(16-17(2)3)30-27(23)34/h10-15,17-19,22-25H,9,16H2,1-8H3,(H,29,33)(H,30,34)(H,31,35)/b15-14-/t19-,22+,23+,24+,25+/m1/s1. The van der Waals surface area contributed by atoms with Gasteiger partial charge in [-0.05, 0) is 62.0 Å². The number of rotatable bonds is 8. The molecule has 0 aromatic heterocycles. The van der Waals surface area contributed by atoms with Crippen LogP contribution in [0.3, 0.4) is 0 Å². The molecule has 0 spiro atoms. The molecule has 8 heteroatoms. The predicted molar refractivity (Wildman–Crippen MR) is 143 cm³/mol. The van der Waals surface area contributed by atoms with Crippen LogP contribution < -0.4 is 20.7 Å². The van der Waals surface area contributed by atoms with Crippen molar-refractivity contribution in [3.8, 4) is 5.75 Å². The van der Waals surface area contributed by atoms with Gasteiger partial charge in [-0.3, -0.25) is 19.3 Å². The third-order valence-electron chi connectivity index (χ3n) is 6.57. The lowest BCUT2D eigenvalue weighted by Gasteiger charge is -2.35. The molecule has 2 heterocycles. The Hall–Kier alpha value is -2.87. The largest absolute Gasteiger partial charge is 0.487 e. The highest BCUT2D eigenvalue weighted by molar-refractivity contribution is 5.94. The lowest BCUT2D eigenvalue weighted by molar-refractivity contribution is -0.137. The minimum atomic E-state index is -0.996. The van der Waals surface area contributed by atoms with Crippen molar-refractivity contribution >= 4 is 23.8 Å². The van der Waals surface area contributed by atoms with E-state index in [1.807, 2.05) is 84.8 Å². The van der Waals surface area contributed by atoms with Crippen LogP contribution in [0.25, 0.3) is 6.08 Å². The molecule has 0 radical (unpaired) electrons. The van der Waals surface area contributed by atoms with E-state index < -0.39 is 30.1 Å². The van der Waals surface area contributed by atoms with E-state index in [9.17, 15) is 14.4 Å². The van der Waals surface area contributed by atoms with Crippen LogP contribution >= 0.6 is 0 Å². The van der Waals surface area contributed by atoms with Gasteiger partial charge < -0.3 is 20.7 Å². The second-order valence-corrected chi connectivity index (χ2v) is 10.7. The maximum absolute atomic E-state index is 13.7. The second-order valence-electron chi connectivity index (χ2n) is 10.7. The molecule has 8 nitrogen and oxygen atoms in total. The fourth-order valence-corrected chi connectivity index (χ4v) is 4.45. The first kappa shape index (κ1) is 29.4. The molecule has 0 unspecified atom stereocenters. The van der Waals surface area contributed by atoms with Gasteiger partial charge in [-0.2, -0.15) is 0 Å². The number of hydrogen-bond donors (Lipinski definition) is 3. The van der Waals surface area contributed by atoms with Crippen molar-refractivity contribution in [2.75, 3.05) is 14.1 Å². The SMILES string of the molecule is CC[C@@H](C)[C@@H](C(=O)N[C@@H]1C(=O)N[C@@H](CC(C)C)C(=O)N/C=C\c2ccc(cc2)O[C@H]1C(C)C)N(C)C. The van der Waals surface area contributed by atoms with Crippen LogP contribution in [0, 0.1) is 17.8 Å². The van der Waals surface area contributed by atoms with Crippen molar-refractivity contribution in [1.29, 1.82) is 0 Å². The van der Waals surface area contributed by atoms with E-state index in [4.69, 9.17) is 4.74 Å². The quantitative estimate of drug-likeness (QED) is 0.509. The lowest BCUT2D eigenvalue weighted by Crippen LogP contribution is -2.62. The summed E-state index contributed by atoms with van der Waals surface area (Å²) in [5.41, 5.74) is 0.900. The molecule has 36 heavy (non-hydrogen) atoms. The van der Waals surface area contributed by atoms with Gasteiger partial charge in [0.05, 0.1) is 6.04 Å². The number of carbonyl (C=O) groups is 3. The summed E-state index contributed by atoms with van der Waals surface area (Å²) in [6, 6.07) is 5.24. The zero-order valence-corrected chi connectivity index (χ0v) is 23.0. The lowest BCUT2D eigenvalue weighted by atomic mass is 9.94. The molecule has 2 aliphatic heterocycles. The van der Waals surface area contributed by atoms with E-state index >= 15 is 0 Å². The van der Waals surface area contributed by atoms with E-state index in [1.165, 1.54) is 0 Å². The molecule has 0 fully saturated rings. The van der Waals surface area contributed by atoms with Crippen LogP contribution in [0.4, 0.5) is 0 Å². The van der Waals surface area contributed by atoms with Crippen molar-refractivity contribution in [3.05, 3.63) is 36.0 Å². The number of benzene rings is 1. The molecule has 5 atom stereocenters. The Labute approximate surface area is 216 Å². The van der Waals surface area contributed by atoms with Crippen molar-refractivity contribution in [1.82, 2.24) is 20.9 Å². The number of nitrogens with zero attached hydrogens (tertiary/aromatic N) is 1. The average molecular weight is 501 g/mol. The summed E-state index contributed by atoms with van der Waals surface area (Å²) in [6.07, 6.45) is 3.99. The monoisotopic (exact) mass is 500 g/mol. The second kappa shape index (κ2) is 13.4. The van der Waals surface area contributed by atoms with Crippen LogP contribution in [0.1, 0.15) is 59.9 Å². The number of ether oxygens (including phenoxy) is 1. The Kier molecular flexibility index (Phi) is 11.0. The van der Waals surface area contributed by atoms with Gasteiger partial charge >= 0.3 is 0 Å². The highest BCUT2D eigenvalue weighted by Gasteiger charge is 2.38. The Morgan fingerprint density at radius 3 is 2.22 bits per heavy atom. The summed E-state index contributed by atoms with van der Waals surface area (Å²) in [5.74, 6) is -0.241. The van der Waals surface area contributed by atoms with Crippen molar-refractivity contribution in [3.63, 3.8) is 0 Å². The number of fused-ring (bicyclic) bond motifs is 10. The van der Waals surface area contributed by atoms with E-state index in [2.05, 4.69) is 16.0 Å². The van der Waals surface area contributed by atoms with Gasteiger partial charge in [0.25, 0.3) is 0 Å². The maximum Gasteiger partial charge on any atom is 0.247 e. The van der Waals surface area contributed by atoms with E-state index in [0.717, 1.165) is 12.0 Å². The number of amides is 3. The average Bonchev–Trinajstić information content (AvgIpc) is 2.80. The van der Waals surface area contributed by atoms with Gasteiger partial charge in [-0.1, -0.05) is 60.1 Å². The topological polar surface area (TPSA) is 99.8 Å². The Balaban J connectivity index is 2.52. The summed E-state index contributed by atoms with van der Waals surface area (Å²) < 4.78 is 6.31. The molecule has 3 N–H and O–H groups in total. The highest BCUT2D eigenvalue weighted by atomic mass is 16.5. The maximum atomic E-state index is 13.7. The minimum Gasteiger partial charge on any atom is -0.487 e. The summed E-state index contributed by atoms with van der Waals surface area (Å²) in [4.78, 5) is 42.1. The first-order valence-corrected chi connectivity index (χ1v) is 12.9. The normalized spacial score (nSPS) is 23.5. The van der Waals surface area contributed by atoms with Crippen LogP contribution in [0.5, 0.6) is 5.75 Å². The molecule has 0 saturated carbocycles. The molecule has 1 aromatic rings. The zero-order chi connectivity index (χ0) is 27.0. The van der Waals surface area contributed by atoms with Gasteiger partial charge in [-0.15, -0.1) is 0 Å². The zero-order valence-electron chi connectivity index (χ0n) is 23.0. The summed E-state index contributed by atoms with van der Waals surface area (Å²) in [5, 5.41) is 8.68. The summed E-state index contributed by atoms with van der Waals surface area (Å²) >= 11 is 0. The van der Waals surface area contributed by atoms with Crippen molar-refractivity contribution < 1.29 is 19.1 Å². The highest BCUT2D eigenvalue weighted by Crippen LogP contribution is 2.22. The van der Waals surface area contributed by atoms with Gasteiger partial charge in [0.2, 0.25) is 17.7 Å². The fraction of sp³-hybridized carbons (Fsp3) is 0.607.